The Bertz CT molecular complexity index is 967. The third-order valence-electron chi connectivity index (χ3n) is 5.81. The number of piperazine rings is 1. The lowest BCUT2D eigenvalue weighted by Gasteiger charge is -2.35. The van der Waals surface area contributed by atoms with E-state index in [9.17, 15) is 4.79 Å². The molecule has 3 aromatic rings. The van der Waals surface area contributed by atoms with E-state index in [1.54, 1.807) is 0 Å². The van der Waals surface area contributed by atoms with Crippen LogP contribution in [-0.4, -0.2) is 55.6 Å². The first kappa shape index (κ1) is 20.4. The number of rotatable bonds is 6. The van der Waals surface area contributed by atoms with Gasteiger partial charge < -0.3 is 15.5 Å². The second-order valence-corrected chi connectivity index (χ2v) is 8.08. The number of fused-ring (bicyclic) bond motifs is 1. The predicted molar refractivity (Wildman–Crippen MR) is 122 cm³/mol. The lowest BCUT2D eigenvalue weighted by Crippen LogP contribution is -2.48. The summed E-state index contributed by atoms with van der Waals surface area (Å²) in [5.41, 5.74) is 2.23. The predicted octanol–water partition coefficient (Wildman–Crippen LogP) is 3.63. The molecule has 1 saturated heterocycles. The zero-order valence-electron chi connectivity index (χ0n) is 17.6. The summed E-state index contributed by atoms with van der Waals surface area (Å²) in [7, 11) is 2.16. The van der Waals surface area contributed by atoms with Crippen LogP contribution in [0.1, 0.15) is 17.2 Å². The molecule has 0 radical (unpaired) electrons. The van der Waals surface area contributed by atoms with Crippen LogP contribution in [0.2, 0.25) is 0 Å². The van der Waals surface area contributed by atoms with Crippen LogP contribution in [0, 0.1) is 0 Å². The van der Waals surface area contributed by atoms with Gasteiger partial charge in [0.05, 0.1) is 6.04 Å². The van der Waals surface area contributed by atoms with E-state index >= 15 is 0 Å². The Kier molecular flexibility index (Phi) is 6.62. The van der Waals surface area contributed by atoms with Gasteiger partial charge in [0.2, 0.25) is 0 Å². The zero-order chi connectivity index (χ0) is 20.8. The summed E-state index contributed by atoms with van der Waals surface area (Å²) in [5.74, 6) is 0. The van der Waals surface area contributed by atoms with Crippen molar-refractivity contribution < 1.29 is 4.79 Å². The van der Waals surface area contributed by atoms with Gasteiger partial charge in [0.25, 0.3) is 0 Å². The number of hydrogen-bond donors (Lipinski definition) is 2. The molecule has 2 amide bonds. The van der Waals surface area contributed by atoms with Crippen LogP contribution >= 0.6 is 0 Å². The Balaban J connectivity index is 1.38. The fourth-order valence-corrected chi connectivity index (χ4v) is 3.95. The second-order valence-electron chi connectivity index (χ2n) is 8.08. The van der Waals surface area contributed by atoms with Crippen molar-refractivity contribution in [2.24, 2.45) is 0 Å². The molecule has 0 aromatic heterocycles. The average molecular weight is 403 g/mol. The highest BCUT2D eigenvalue weighted by molar-refractivity contribution is 5.83. The molecule has 156 valence electrons. The van der Waals surface area contributed by atoms with Crippen molar-refractivity contribution in [1.82, 2.24) is 20.4 Å². The first-order valence-electron chi connectivity index (χ1n) is 10.7. The van der Waals surface area contributed by atoms with Crippen LogP contribution < -0.4 is 10.6 Å². The summed E-state index contributed by atoms with van der Waals surface area (Å²) in [6.07, 6.45) is 0. The number of likely N-dealkylation sites (N-methyl/N-ethyl adjacent to an activating group) is 1. The van der Waals surface area contributed by atoms with Crippen molar-refractivity contribution in [3.63, 3.8) is 0 Å². The Hall–Kier alpha value is -2.89. The van der Waals surface area contributed by atoms with Gasteiger partial charge >= 0.3 is 6.03 Å². The summed E-state index contributed by atoms with van der Waals surface area (Å²) in [6, 6.07) is 24.7. The molecule has 1 heterocycles. The molecule has 4 rings (SSSR count). The Morgan fingerprint density at radius 1 is 0.900 bits per heavy atom. The molecule has 0 aliphatic carbocycles. The largest absolute Gasteiger partial charge is 0.334 e. The highest BCUT2D eigenvalue weighted by Gasteiger charge is 2.21. The minimum Gasteiger partial charge on any atom is -0.334 e. The Morgan fingerprint density at radius 3 is 2.37 bits per heavy atom. The lowest BCUT2D eigenvalue weighted by molar-refractivity contribution is 0.142. The molecular formula is C25H30N4O. The molecule has 30 heavy (non-hydrogen) atoms. The van der Waals surface area contributed by atoms with Gasteiger partial charge in [-0.1, -0.05) is 66.7 Å². The topological polar surface area (TPSA) is 47.6 Å². The molecule has 0 saturated carbocycles. The quantitative estimate of drug-likeness (QED) is 0.662. The molecular weight excluding hydrogens is 372 g/mol. The van der Waals surface area contributed by atoms with E-state index in [1.165, 1.54) is 10.8 Å². The average Bonchev–Trinajstić information content (AvgIpc) is 2.79. The van der Waals surface area contributed by atoms with Gasteiger partial charge in [-0.25, -0.2) is 4.79 Å². The highest BCUT2D eigenvalue weighted by atomic mass is 16.2. The number of nitrogens with zero attached hydrogens (tertiary/aromatic N) is 2. The molecule has 5 nitrogen and oxygen atoms in total. The first-order valence-corrected chi connectivity index (χ1v) is 10.7. The van der Waals surface area contributed by atoms with E-state index in [-0.39, 0.29) is 12.1 Å². The van der Waals surface area contributed by atoms with E-state index in [4.69, 9.17) is 0 Å². The van der Waals surface area contributed by atoms with Gasteiger partial charge in [-0.15, -0.1) is 0 Å². The minimum atomic E-state index is -0.133. The number of carbonyl (C=O) groups excluding carboxylic acids is 1. The van der Waals surface area contributed by atoms with E-state index in [0.717, 1.165) is 43.9 Å². The van der Waals surface area contributed by atoms with Gasteiger partial charge in [-0.3, -0.25) is 4.90 Å². The third kappa shape index (κ3) is 5.38. The van der Waals surface area contributed by atoms with Crippen LogP contribution in [0.3, 0.4) is 0 Å². The maximum Gasteiger partial charge on any atom is 0.315 e. The van der Waals surface area contributed by atoms with Crippen molar-refractivity contribution in [3.05, 3.63) is 83.9 Å². The zero-order valence-corrected chi connectivity index (χ0v) is 17.6. The van der Waals surface area contributed by atoms with E-state index in [0.29, 0.717) is 6.54 Å². The summed E-state index contributed by atoms with van der Waals surface area (Å²) in [5, 5.41) is 8.62. The minimum absolute atomic E-state index is 0.0359. The number of benzene rings is 3. The molecule has 1 atom stereocenters. The van der Waals surface area contributed by atoms with Crippen LogP contribution in [0.15, 0.2) is 72.8 Å². The van der Waals surface area contributed by atoms with Gasteiger partial charge in [-0.05, 0) is 35.0 Å². The van der Waals surface area contributed by atoms with Crippen molar-refractivity contribution >= 4 is 16.8 Å². The van der Waals surface area contributed by atoms with Crippen molar-refractivity contribution in [2.75, 3.05) is 39.8 Å². The number of nitrogens with one attached hydrogen (secondary N) is 2. The SMILES string of the molecule is CN1CCN(C[C@H](NC(=O)NCc2ccc3ccccc3c2)c2ccccc2)CC1. The van der Waals surface area contributed by atoms with Crippen LogP contribution in [0.5, 0.6) is 0 Å². The van der Waals surface area contributed by atoms with Crippen molar-refractivity contribution in [2.45, 2.75) is 12.6 Å². The van der Waals surface area contributed by atoms with E-state index in [2.05, 4.69) is 69.9 Å². The molecule has 1 fully saturated rings. The molecule has 2 N–H and O–H groups in total. The maximum atomic E-state index is 12.7. The lowest BCUT2D eigenvalue weighted by atomic mass is 10.1. The van der Waals surface area contributed by atoms with Gasteiger partial charge in [-0.2, -0.15) is 0 Å². The molecule has 1 aliphatic rings. The molecule has 0 unspecified atom stereocenters. The van der Waals surface area contributed by atoms with Crippen LogP contribution in [-0.2, 0) is 6.54 Å². The molecule has 0 bridgehead atoms. The highest BCUT2D eigenvalue weighted by Crippen LogP contribution is 2.17. The number of urea groups is 1. The molecule has 5 heteroatoms. The van der Waals surface area contributed by atoms with Crippen LogP contribution in [0.25, 0.3) is 10.8 Å². The van der Waals surface area contributed by atoms with E-state index in [1.807, 2.05) is 30.3 Å². The number of carbonyl (C=O) groups is 1. The summed E-state index contributed by atoms with van der Waals surface area (Å²) < 4.78 is 0. The monoisotopic (exact) mass is 402 g/mol. The molecule has 1 aliphatic heterocycles. The van der Waals surface area contributed by atoms with Crippen LogP contribution in [0.4, 0.5) is 4.79 Å². The van der Waals surface area contributed by atoms with Gasteiger partial charge in [0.15, 0.2) is 0 Å². The Labute approximate surface area is 178 Å². The summed E-state index contributed by atoms with van der Waals surface area (Å²) in [4.78, 5) is 17.5. The molecule has 0 spiro atoms. The van der Waals surface area contributed by atoms with E-state index < -0.39 is 0 Å². The second kappa shape index (κ2) is 9.74. The maximum absolute atomic E-state index is 12.7. The van der Waals surface area contributed by atoms with Crippen molar-refractivity contribution in [1.29, 1.82) is 0 Å². The summed E-state index contributed by atoms with van der Waals surface area (Å²) >= 11 is 0. The fourth-order valence-electron chi connectivity index (χ4n) is 3.95. The molecule has 3 aromatic carbocycles. The smallest absolute Gasteiger partial charge is 0.315 e. The third-order valence-corrected chi connectivity index (χ3v) is 5.81. The summed E-state index contributed by atoms with van der Waals surface area (Å²) in [6.45, 7) is 5.51. The van der Waals surface area contributed by atoms with Gasteiger partial charge in [0, 0.05) is 39.3 Å². The fraction of sp³-hybridized carbons (Fsp3) is 0.320. The Morgan fingerprint density at radius 2 is 1.60 bits per heavy atom. The van der Waals surface area contributed by atoms with Crippen molar-refractivity contribution in [3.8, 4) is 0 Å². The number of amides is 2. The normalized spacial score (nSPS) is 16.3. The first-order chi connectivity index (χ1) is 14.7. The number of hydrogen-bond acceptors (Lipinski definition) is 3. The van der Waals surface area contributed by atoms with Gasteiger partial charge in [0.1, 0.15) is 0 Å². The standard InChI is InChI=1S/C25H30N4O/c1-28-13-15-29(16-14-28)19-24(22-8-3-2-4-9-22)27-25(30)26-18-20-11-12-21-7-5-6-10-23(21)17-20/h2-12,17,24H,13-16,18-19H2,1H3,(H2,26,27,30)/t24-/m0/s1.